The molecule has 1 fully saturated rings. The summed E-state index contributed by atoms with van der Waals surface area (Å²) in [7, 11) is 0. The molecule has 5 nitrogen and oxygen atoms in total. The quantitative estimate of drug-likeness (QED) is 0.784. The van der Waals surface area contributed by atoms with Gasteiger partial charge in [-0.15, -0.1) is 0 Å². The molecule has 0 spiro atoms. The number of carbonyl (C=O) groups is 2. The van der Waals surface area contributed by atoms with Gasteiger partial charge in [-0.05, 0) is 49.1 Å². The van der Waals surface area contributed by atoms with Gasteiger partial charge in [0, 0.05) is 36.3 Å². The van der Waals surface area contributed by atoms with E-state index in [1.54, 1.807) is 6.07 Å². The number of rotatable bonds is 6. The molecule has 0 radical (unpaired) electrons. The van der Waals surface area contributed by atoms with Gasteiger partial charge in [0.05, 0.1) is 6.54 Å². The summed E-state index contributed by atoms with van der Waals surface area (Å²) < 4.78 is 0. The number of aryl methyl sites for hydroxylation is 1. The van der Waals surface area contributed by atoms with Crippen molar-refractivity contribution in [3.63, 3.8) is 0 Å². The molecule has 3 rings (SSSR count). The van der Waals surface area contributed by atoms with Crippen LogP contribution in [0.25, 0.3) is 0 Å². The molecule has 2 aromatic carbocycles. The molecule has 1 aliphatic heterocycles. The van der Waals surface area contributed by atoms with E-state index in [-0.39, 0.29) is 24.4 Å². The standard InChI is InChI=1S/C22H26ClN3O2/c1-16-4-2-3-5-20(16)22(28)24-14-21(27)25-19-10-12-26(13-11-19)15-17-6-8-18(23)9-7-17/h2-9,19H,10-15H2,1H3,(H,24,28)(H,25,27). The zero-order chi connectivity index (χ0) is 19.9. The first-order valence-corrected chi connectivity index (χ1v) is 9.99. The first-order valence-electron chi connectivity index (χ1n) is 9.61. The molecule has 0 aromatic heterocycles. The third-order valence-corrected chi connectivity index (χ3v) is 5.32. The second kappa shape index (κ2) is 9.71. The van der Waals surface area contributed by atoms with E-state index in [0.29, 0.717) is 5.56 Å². The molecule has 0 unspecified atom stereocenters. The lowest BCUT2D eigenvalue weighted by Gasteiger charge is -2.32. The summed E-state index contributed by atoms with van der Waals surface area (Å²) in [6.45, 7) is 4.64. The van der Waals surface area contributed by atoms with E-state index in [4.69, 9.17) is 11.6 Å². The zero-order valence-electron chi connectivity index (χ0n) is 16.1. The van der Waals surface area contributed by atoms with Crippen LogP contribution < -0.4 is 10.6 Å². The highest BCUT2D eigenvalue weighted by Gasteiger charge is 2.21. The summed E-state index contributed by atoms with van der Waals surface area (Å²) in [6, 6.07) is 15.4. The zero-order valence-corrected chi connectivity index (χ0v) is 16.8. The second-order valence-corrected chi connectivity index (χ2v) is 7.68. The van der Waals surface area contributed by atoms with Crippen LogP contribution in [0.3, 0.4) is 0 Å². The Morgan fingerprint density at radius 2 is 1.75 bits per heavy atom. The van der Waals surface area contributed by atoms with Crippen LogP contribution in [0.1, 0.15) is 34.3 Å². The number of likely N-dealkylation sites (tertiary alicyclic amines) is 1. The molecular weight excluding hydrogens is 374 g/mol. The summed E-state index contributed by atoms with van der Waals surface area (Å²) in [5.41, 5.74) is 2.74. The largest absolute Gasteiger partial charge is 0.352 e. The fraction of sp³-hybridized carbons (Fsp3) is 0.364. The average Bonchev–Trinajstić information content (AvgIpc) is 2.70. The van der Waals surface area contributed by atoms with E-state index in [2.05, 4.69) is 15.5 Å². The Balaban J connectivity index is 1.38. The molecule has 0 atom stereocenters. The third-order valence-electron chi connectivity index (χ3n) is 5.07. The number of piperidine rings is 1. The summed E-state index contributed by atoms with van der Waals surface area (Å²) in [5.74, 6) is -0.357. The number of nitrogens with zero attached hydrogens (tertiary/aromatic N) is 1. The fourth-order valence-electron chi connectivity index (χ4n) is 3.45. The maximum absolute atomic E-state index is 12.2. The lowest BCUT2D eigenvalue weighted by atomic mass is 10.0. The van der Waals surface area contributed by atoms with Crippen molar-refractivity contribution in [1.29, 1.82) is 0 Å². The Kier molecular flexibility index (Phi) is 7.06. The number of halogens is 1. The van der Waals surface area contributed by atoms with Gasteiger partial charge in [-0.25, -0.2) is 0 Å². The van der Waals surface area contributed by atoms with Gasteiger partial charge in [0.25, 0.3) is 5.91 Å². The van der Waals surface area contributed by atoms with Gasteiger partial charge < -0.3 is 10.6 Å². The predicted molar refractivity (Wildman–Crippen MR) is 111 cm³/mol. The molecule has 1 heterocycles. The third kappa shape index (κ3) is 5.81. The van der Waals surface area contributed by atoms with Crippen molar-refractivity contribution < 1.29 is 9.59 Å². The summed E-state index contributed by atoms with van der Waals surface area (Å²) in [5, 5.41) is 6.49. The first kappa shape index (κ1) is 20.4. The van der Waals surface area contributed by atoms with Crippen LogP contribution in [0.15, 0.2) is 48.5 Å². The van der Waals surface area contributed by atoms with E-state index < -0.39 is 0 Å². The first-order chi connectivity index (χ1) is 13.5. The number of benzene rings is 2. The Bertz CT molecular complexity index is 815. The maximum atomic E-state index is 12.2. The van der Waals surface area contributed by atoms with Crippen LogP contribution in [0, 0.1) is 6.92 Å². The van der Waals surface area contributed by atoms with Crippen LogP contribution in [0.2, 0.25) is 5.02 Å². The second-order valence-electron chi connectivity index (χ2n) is 7.24. The Hall–Kier alpha value is -2.37. The molecule has 0 saturated carbocycles. The molecule has 28 heavy (non-hydrogen) atoms. The van der Waals surface area contributed by atoms with E-state index in [1.165, 1.54) is 5.56 Å². The van der Waals surface area contributed by atoms with Gasteiger partial charge in [-0.1, -0.05) is 41.9 Å². The van der Waals surface area contributed by atoms with Gasteiger partial charge in [-0.2, -0.15) is 0 Å². The Labute approximate surface area is 171 Å². The topological polar surface area (TPSA) is 61.4 Å². The summed E-state index contributed by atoms with van der Waals surface area (Å²) in [4.78, 5) is 26.8. The molecule has 6 heteroatoms. The fourth-order valence-corrected chi connectivity index (χ4v) is 3.57. The van der Waals surface area contributed by atoms with Gasteiger partial charge in [0.1, 0.15) is 0 Å². The van der Waals surface area contributed by atoms with Crippen molar-refractivity contribution in [2.75, 3.05) is 19.6 Å². The van der Waals surface area contributed by atoms with E-state index in [9.17, 15) is 9.59 Å². The van der Waals surface area contributed by atoms with Gasteiger partial charge in [-0.3, -0.25) is 14.5 Å². The molecule has 2 N–H and O–H groups in total. The normalized spacial score (nSPS) is 15.2. The molecule has 2 amide bonds. The highest BCUT2D eigenvalue weighted by atomic mass is 35.5. The average molecular weight is 400 g/mol. The smallest absolute Gasteiger partial charge is 0.251 e. The lowest BCUT2D eigenvalue weighted by molar-refractivity contribution is -0.121. The minimum atomic E-state index is -0.217. The van der Waals surface area contributed by atoms with Crippen molar-refractivity contribution in [3.05, 3.63) is 70.2 Å². The van der Waals surface area contributed by atoms with E-state index in [0.717, 1.165) is 43.1 Å². The summed E-state index contributed by atoms with van der Waals surface area (Å²) in [6.07, 6.45) is 1.82. The molecule has 0 aliphatic carbocycles. The van der Waals surface area contributed by atoms with Crippen molar-refractivity contribution in [1.82, 2.24) is 15.5 Å². The molecule has 1 aliphatic rings. The summed E-state index contributed by atoms with van der Waals surface area (Å²) >= 11 is 5.93. The molecule has 0 bridgehead atoms. The van der Waals surface area contributed by atoms with Crippen molar-refractivity contribution in [3.8, 4) is 0 Å². The van der Waals surface area contributed by atoms with Gasteiger partial charge in [0.15, 0.2) is 0 Å². The SMILES string of the molecule is Cc1ccccc1C(=O)NCC(=O)NC1CCN(Cc2ccc(Cl)cc2)CC1. The van der Waals surface area contributed by atoms with E-state index in [1.807, 2.05) is 49.4 Å². The monoisotopic (exact) mass is 399 g/mol. The number of amides is 2. The van der Waals surface area contributed by atoms with Crippen LogP contribution >= 0.6 is 11.6 Å². The van der Waals surface area contributed by atoms with Crippen LogP contribution in [-0.4, -0.2) is 42.4 Å². The number of hydrogen-bond acceptors (Lipinski definition) is 3. The minimum absolute atomic E-state index is 0.00183. The Morgan fingerprint density at radius 3 is 2.43 bits per heavy atom. The minimum Gasteiger partial charge on any atom is -0.352 e. The van der Waals surface area contributed by atoms with Crippen molar-refractivity contribution in [2.24, 2.45) is 0 Å². The van der Waals surface area contributed by atoms with Crippen LogP contribution in [0.4, 0.5) is 0 Å². The molecule has 2 aromatic rings. The van der Waals surface area contributed by atoms with Crippen LogP contribution in [0.5, 0.6) is 0 Å². The highest BCUT2D eigenvalue weighted by Crippen LogP contribution is 2.16. The van der Waals surface area contributed by atoms with Crippen LogP contribution in [-0.2, 0) is 11.3 Å². The molecule has 148 valence electrons. The molecule has 1 saturated heterocycles. The maximum Gasteiger partial charge on any atom is 0.251 e. The van der Waals surface area contributed by atoms with Crippen molar-refractivity contribution in [2.45, 2.75) is 32.4 Å². The van der Waals surface area contributed by atoms with Gasteiger partial charge >= 0.3 is 0 Å². The van der Waals surface area contributed by atoms with E-state index >= 15 is 0 Å². The predicted octanol–water partition coefficient (Wildman–Crippen LogP) is 3.16. The lowest BCUT2D eigenvalue weighted by Crippen LogP contribution is -2.47. The number of carbonyl (C=O) groups excluding carboxylic acids is 2. The highest BCUT2D eigenvalue weighted by molar-refractivity contribution is 6.30. The number of nitrogens with one attached hydrogen (secondary N) is 2. The van der Waals surface area contributed by atoms with Crippen molar-refractivity contribution >= 4 is 23.4 Å². The Morgan fingerprint density at radius 1 is 1.07 bits per heavy atom. The number of hydrogen-bond donors (Lipinski definition) is 2. The molecular formula is C22H26ClN3O2. The van der Waals surface area contributed by atoms with Gasteiger partial charge in [0.2, 0.25) is 5.91 Å².